The predicted molar refractivity (Wildman–Crippen MR) is 87.7 cm³/mol. The second-order valence-corrected chi connectivity index (χ2v) is 6.06. The zero-order chi connectivity index (χ0) is 16.4. The van der Waals surface area contributed by atoms with Crippen LogP contribution in [0.15, 0.2) is 18.5 Å². The summed E-state index contributed by atoms with van der Waals surface area (Å²) in [7, 11) is 1.72. The van der Waals surface area contributed by atoms with Gasteiger partial charge < -0.3 is 10.2 Å². The van der Waals surface area contributed by atoms with E-state index in [0.29, 0.717) is 28.9 Å². The summed E-state index contributed by atoms with van der Waals surface area (Å²) in [5.41, 5.74) is 1.06. The monoisotopic (exact) mass is 334 g/mol. The molecule has 3 heterocycles. The predicted octanol–water partition coefficient (Wildman–Crippen LogP) is 1.57. The molecule has 1 N–H and O–H groups in total. The van der Waals surface area contributed by atoms with Crippen molar-refractivity contribution in [2.24, 2.45) is 7.05 Å². The standard InChI is InChI=1S/C15H19ClN6O/c1-10-12(16)13(21(2)20-10)14(23)19-11-5-3-8-22(9-11)15-17-6-4-7-18-15/h4,6-7,11H,3,5,8-9H2,1-2H3,(H,19,23)/t11-/m1/s1. The average Bonchev–Trinajstić information content (AvgIpc) is 2.81. The minimum absolute atomic E-state index is 0.0336. The van der Waals surface area contributed by atoms with Crippen LogP contribution in [0.3, 0.4) is 0 Å². The summed E-state index contributed by atoms with van der Waals surface area (Å²) >= 11 is 6.18. The maximum absolute atomic E-state index is 12.5. The lowest BCUT2D eigenvalue weighted by Crippen LogP contribution is -2.48. The number of piperidine rings is 1. The maximum atomic E-state index is 12.5. The van der Waals surface area contributed by atoms with Gasteiger partial charge in [-0.3, -0.25) is 9.48 Å². The minimum Gasteiger partial charge on any atom is -0.346 e. The molecule has 2 aromatic heterocycles. The van der Waals surface area contributed by atoms with Crippen molar-refractivity contribution in [3.05, 3.63) is 34.9 Å². The Morgan fingerprint density at radius 1 is 1.39 bits per heavy atom. The molecular weight excluding hydrogens is 316 g/mol. The smallest absolute Gasteiger partial charge is 0.271 e. The number of rotatable bonds is 3. The van der Waals surface area contributed by atoms with Crippen LogP contribution < -0.4 is 10.2 Å². The Labute approximate surface area is 139 Å². The van der Waals surface area contributed by atoms with Gasteiger partial charge in [-0.15, -0.1) is 0 Å². The summed E-state index contributed by atoms with van der Waals surface area (Å²) in [5.74, 6) is 0.500. The van der Waals surface area contributed by atoms with Gasteiger partial charge in [0.15, 0.2) is 0 Å². The normalized spacial score (nSPS) is 18.0. The summed E-state index contributed by atoms with van der Waals surface area (Å²) in [4.78, 5) is 23.1. The lowest BCUT2D eigenvalue weighted by molar-refractivity contribution is 0.0923. The Bertz CT molecular complexity index is 701. The molecule has 1 aliphatic rings. The summed E-state index contributed by atoms with van der Waals surface area (Å²) in [6.07, 6.45) is 5.34. The van der Waals surface area contributed by atoms with E-state index >= 15 is 0 Å². The number of nitrogens with zero attached hydrogens (tertiary/aromatic N) is 5. The van der Waals surface area contributed by atoms with Crippen LogP contribution in [0.5, 0.6) is 0 Å². The van der Waals surface area contributed by atoms with Gasteiger partial charge in [-0.25, -0.2) is 9.97 Å². The largest absolute Gasteiger partial charge is 0.346 e. The SMILES string of the molecule is Cc1nn(C)c(C(=O)N[C@@H]2CCCN(c3ncccn3)C2)c1Cl. The number of hydrogen-bond acceptors (Lipinski definition) is 5. The first-order chi connectivity index (χ1) is 11.1. The Balaban J connectivity index is 1.69. The highest BCUT2D eigenvalue weighted by molar-refractivity contribution is 6.34. The molecule has 1 amide bonds. The number of hydrogen-bond donors (Lipinski definition) is 1. The third-order valence-electron chi connectivity index (χ3n) is 3.96. The van der Waals surface area contributed by atoms with Crippen molar-refractivity contribution in [1.29, 1.82) is 0 Å². The zero-order valence-electron chi connectivity index (χ0n) is 13.2. The van der Waals surface area contributed by atoms with Crippen LogP contribution >= 0.6 is 11.6 Å². The molecule has 0 aliphatic carbocycles. The van der Waals surface area contributed by atoms with Crippen LogP contribution in [0, 0.1) is 6.92 Å². The molecule has 1 atom stereocenters. The van der Waals surface area contributed by atoms with E-state index in [1.165, 1.54) is 4.68 Å². The van der Waals surface area contributed by atoms with E-state index in [4.69, 9.17) is 11.6 Å². The van der Waals surface area contributed by atoms with Crippen LogP contribution in [0.2, 0.25) is 5.02 Å². The lowest BCUT2D eigenvalue weighted by atomic mass is 10.1. The molecule has 0 unspecified atom stereocenters. The third kappa shape index (κ3) is 3.29. The number of carbonyl (C=O) groups is 1. The van der Waals surface area contributed by atoms with Crippen LogP contribution in [0.1, 0.15) is 29.0 Å². The minimum atomic E-state index is -0.195. The van der Waals surface area contributed by atoms with E-state index in [-0.39, 0.29) is 11.9 Å². The second-order valence-electron chi connectivity index (χ2n) is 5.68. The Hall–Kier alpha value is -2.15. The Morgan fingerprint density at radius 3 is 2.78 bits per heavy atom. The number of anilines is 1. The summed E-state index contributed by atoms with van der Waals surface area (Å²) in [6, 6.07) is 1.82. The lowest BCUT2D eigenvalue weighted by Gasteiger charge is -2.33. The van der Waals surface area contributed by atoms with Crippen molar-refractivity contribution in [2.75, 3.05) is 18.0 Å². The molecule has 1 saturated heterocycles. The van der Waals surface area contributed by atoms with Crippen molar-refractivity contribution in [3.63, 3.8) is 0 Å². The molecule has 0 saturated carbocycles. The third-order valence-corrected chi connectivity index (χ3v) is 4.41. The first kappa shape index (κ1) is 15.7. The number of aromatic nitrogens is 4. The van der Waals surface area contributed by atoms with Gasteiger partial charge >= 0.3 is 0 Å². The highest BCUT2D eigenvalue weighted by Gasteiger charge is 2.26. The fraction of sp³-hybridized carbons (Fsp3) is 0.467. The molecule has 2 aromatic rings. The van der Waals surface area contributed by atoms with E-state index in [1.54, 1.807) is 32.4 Å². The number of carbonyl (C=O) groups excluding carboxylic acids is 1. The molecule has 0 radical (unpaired) electrons. The number of halogens is 1. The first-order valence-electron chi connectivity index (χ1n) is 7.58. The summed E-state index contributed by atoms with van der Waals surface area (Å²) < 4.78 is 1.52. The van der Waals surface area contributed by atoms with Crippen molar-refractivity contribution in [2.45, 2.75) is 25.8 Å². The van der Waals surface area contributed by atoms with E-state index in [2.05, 4.69) is 25.3 Å². The Kier molecular flexibility index (Phi) is 4.47. The molecule has 1 fully saturated rings. The van der Waals surface area contributed by atoms with Crippen LogP contribution in [0.4, 0.5) is 5.95 Å². The van der Waals surface area contributed by atoms with Gasteiger partial charge in [0.05, 0.1) is 10.7 Å². The molecular formula is C15H19ClN6O. The van der Waals surface area contributed by atoms with Crippen molar-refractivity contribution >= 4 is 23.5 Å². The quantitative estimate of drug-likeness (QED) is 0.922. The van der Waals surface area contributed by atoms with Gasteiger partial charge in [-0.1, -0.05) is 11.6 Å². The van der Waals surface area contributed by atoms with E-state index < -0.39 is 0 Å². The van der Waals surface area contributed by atoms with Gasteiger partial charge in [-0.2, -0.15) is 5.10 Å². The summed E-state index contributed by atoms with van der Waals surface area (Å²) in [5, 5.41) is 7.64. The van der Waals surface area contributed by atoms with Crippen LogP contribution in [0.25, 0.3) is 0 Å². The highest BCUT2D eigenvalue weighted by Crippen LogP contribution is 2.20. The van der Waals surface area contributed by atoms with Crippen molar-refractivity contribution < 1.29 is 4.79 Å². The van der Waals surface area contributed by atoms with E-state index in [9.17, 15) is 4.79 Å². The molecule has 3 rings (SSSR count). The van der Waals surface area contributed by atoms with Gasteiger partial charge in [-0.05, 0) is 25.8 Å². The van der Waals surface area contributed by atoms with Gasteiger partial charge in [0, 0.05) is 38.6 Å². The number of nitrogens with one attached hydrogen (secondary N) is 1. The van der Waals surface area contributed by atoms with Crippen LogP contribution in [-0.4, -0.2) is 44.8 Å². The second kappa shape index (κ2) is 6.54. The molecule has 0 spiro atoms. The van der Waals surface area contributed by atoms with Crippen LogP contribution in [-0.2, 0) is 7.05 Å². The molecule has 23 heavy (non-hydrogen) atoms. The van der Waals surface area contributed by atoms with Crippen molar-refractivity contribution in [1.82, 2.24) is 25.1 Å². The fourth-order valence-corrected chi connectivity index (χ4v) is 3.11. The molecule has 1 aliphatic heterocycles. The zero-order valence-corrected chi connectivity index (χ0v) is 13.9. The molecule has 7 nitrogen and oxygen atoms in total. The van der Waals surface area contributed by atoms with Gasteiger partial charge in [0.25, 0.3) is 5.91 Å². The fourth-order valence-electron chi connectivity index (χ4n) is 2.86. The van der Waals surface area contributed by atoms with Gasteiger partial charge in [0.1, 0.15) is 5.69 Å². The van der Waals surface area contributed by atoms with Crippen molar-refractivity contribution in [3.8, 4) is 0 Å². The topological polar surface area (TPSA) is 75.9 Å². The molecule has 122 valence electrons. The molecule has 0 bridgehead atoms. The number of amides is 1. The highest BCUT2D eigenvalue weighted by atomic mass is 35.5. The van der Waals surface area contributed by atoms with Gasteiger partial charge in [0.2, 0.25) is 5.95 Å². The maximum Gasteiger partial charge on any atom is 0.271 e. The average molecular weight is 335 g/mol. The van der Waals surface area contributed by atoms with E-state index in [0.717, 1.165) is 19.4 Å². The van der Waals surface area contributed by atoms with E-state index in [1.807, 2.05) is 0 Å². The summed E-state index contributed by atoms with van der Waals surface area (Å²) in [6.45, 7) is 3.36. The molecule has 8 heteroatoms. The first-order valence-corrected chi connectivity index (χ1v) is 7.96. The molecule has 0 aromatic carbocycles. The Morgan fingerprint density at radius 2 is 2.13 bits per heavy atom. The number of aryl methyl sites for hydroxylation is 2.